The minimum absolute atomic E-state index is 0.0559. The highest BCUT2D eigenvalue weighted by atomic mass is 35.5. The van der Waals surface area contributed by atoms with Crippen molar-refractivity contribution in [3.8, 4) is 0 Å². The van der Waals surface area contributed by atoms with Crippen molar-refractivity contribution in [3.63, 3.8) is 0 Å². The van der Waals surface area contributed by atoms with E-state index in [1.807, 2.05) is 19.9 Å². The quantitative estimate of drug-likeness (QED) is 0.795. The maximum Gasteiger partial charge on any atom is 0.319 e. The van der Waals surface area contributed by atoms with Crippen LogP contribution >= 0.6 is 11.6 Å². The molecule has 0 aliphatic heterocycles. The van der Waals surface area contributed by atoms with Gasteiger partial charge < -0.3 is 15.7 Å². The lowest BCUT2D eigenvalue weighted by molar-refractivity contribution is 0.159. The molecule has 104 valence electrons. The summed E-state index contributed by atoms with van der Waals surface area (Å²) in [5.74, 6) is 0.365. The first kappa shape index (κ1) is 14.2. The van der Waals surface area contributed by atoms with Gasteiger partial charge in [0, 0.05) is 10.7 Å². The number of carbonyl (C=O) groups is 1. The molecular formula is C14H19ClN2O2. The summed E-state index contributed by atoms with van der Waals surface area (Å²) in [6, 6.07) is 5.03. The number of carbonyl (C=O) groups excluding carboxylic acids is 1. The monoisotopic (exact) mass is 282 g/mol. The Morgan fingerprint density at radius 3 is 2.79 bits per heavy atom. The van der Waals surface area contributed by atoms with Gasteiger partial charge in [0.1, 0.15) is 0 Å². The predicted octanol–water partition coefficient (Wildman–Crippen LogP) is 2.93. The van der Waals surface area contributed by atoms with Gasteiger partial charge in [0.05, 0.1) is 12.1 Å². The molecule has 0 heterocycles. The third-order valence-electron chi connectivity index (χ3n) is 3.65. The summed E-state index contributed by atoms with van der Waals surface area (Å²) in [4.78, 5) is 12.0. The summed E-state index contributed by atoms with van der Waals surface area (Å²) < 4.78 is 0. The zero-order valence-corrected chi connectivity index (χ0v) is 11.9. The van der Waals surface area contributed by atoms with Crippen molar-refractivity contribution in [2.75, 3.05) is 11.9 Å². The van der Waals surface area contributed by atoms with Crippen LogP contribution in [0, 0.1) is 12.8 Å². The minimum Gasteiger partial charge on any atom is -0.394 e. The minimum atomic E-state index is -0.545. The Bertz CT molecular complexity index is 488. The highest BCUT2D eigenvalue weighted by Crippen LogP contribution is 2.39. The average Bonchev–Trinajstić information content (AvgIpc) is 3.18. The van der Waals surface area contributed by atoms with Crippen molar-refractivity contribution in [3.05, 3.63) is 28.8 Å². The molecular weight excluding hydrogens is 264 g/mol. The maximum absolute atomic E-state index is 12.0. The van der Waals surface area contributed by atoms with Crippen molar-refractivity contribution >= 4 is 23.3 Å². The van der Waals surface area contributed by atoms with Crippen LogP contribution in [0.5, 0.6) is 0 Å². The Balaban J connectivity index is 2.02. The van der Waals surface area contributed by atoms with Crippen LogP contribution in [0.15, 0.2) is 18.2 Å². The second-order valence-electron chi connectivity index (χ2n) is 5.39. The van der Waals surface area contributed by atoms with Crippen LogP contribution in [-0.2, 0) is 0 Å². The summed E-state index contributed by atoms with van der Waals surface area (Å²) in [5.41, 5.74) is 1.08. The van der Waals surface area contributed by atoms with Gasteiger partial charge in [0.15, 0.2) is 0 Å². The van der Waals surface area contributed by atoms with E-state index in [0.29, 0.717) is 16.6 Å². The summed E-state index contributed by atoms with van der Waals surface area (Å²) >= 11 is 5.91. The second kappa shape index (κ2) is 5.39. The zero-order chi connectivity index (χ0) is 14.0. The molecule has 2 amide bonds. The molecule has 1 fully saturated rings. The molecule has 1 aliphatic rings. The molecule has 19 heavy (non-hydrogen) atoms. The number of hydrogen-bond donors (Lipinski definition) is 3. The van der Waals surface area contributed by atoms with Crippen molar-refractivity contribution in [1.29, 1.82) is 0 Å². The van der Waals surface area contributed by atoms with Crippen LogP contribution in [-0.4, -0.2) is 23.3 Å². The molecule has 0 radical (unpaired) electrons. The number of aliphatic hydroxyl groups is 1. The SMILES string of the molecule is Cc1ccc(Cl)cc1NC(=O)NC(C)(CO)C1CC1. The van der Waals surface area contributed by atoms with Crippen LogP contribution in [0.1, 0.15) is 25.3 Å². The van der Waals surface area contributed by atoms with Crippen LogP contribution < -0.4 is 10.6 Å². The van der Waals surface area contributed by atoms with E-state index in [1.54, 1.807) is 12.1 Å². The van der Waals surface area contributed by atoms with Crippen LogP contribution in [0.2, 0.25) is 5.02 Å². The Labute approximate surface area is 118 Å². The summed E-state index contributed by atoms with van der Waals surface area (Å²) in [6.45, 7) is 3.72. The molecule has 1 saturated carbocycles. The van der Waals surface area contributed by atoms with Crippen LogP contribution in [0.25, 0.3) is 0 Å². The molecule has 1 unspecified atom stereocenters. The van der Waals surface area contributed by atoms with Gasteiger partial charge in [-0.15, -0.1) is 0 Å². The number of hydrogen-bond acceptors (Lipinski definition) is 2. The standard InChI is InChI=1S/C14H19ClN2O2/c1-9-3-6-11(15)7-12(9)16-13(19)17-14(2,8-18)10-4-5-10/h3,6-7,10,18H,4-5,8H2,1-2H3,(H2,16,17,19). The first-order valence-electron chi connectivity index (χ1n) is 6.41. The fourth-order valence-corrected chi connectivity index (χ4v) is 2.31. The highest BCUT2D eigenvalue weighted by Gasteiger charge is 2.42. The Morgan fingerprint density at radius 1 is 1.53 bits per heavy atom. The molecule has 0 saturated heterocycles. The lowest BCUT2D eigenvalue weighted by atomic mass is 9.97. The van der Waals surface area contributed by atoms with Gasteiger partial charge >= 0.3 is 6.03 Å². The Morgan fingerprint density at radius 2 is 2.21 bits per heavy atom. The van der Waals surface area contributed by atoms with E-state index in [0.717, 1.165) is 18.4 Å². The smallest absolute Gasteiger partial charge is 0.319 e. The average molecular weight is 283 g/mol. The van der Waals surface area contributed by atoms with Crippen molar-refractivity contribution in [2.24, 2.45) is 5.92 Å². The fraction of sp³-hybridized carbons (Fsp3) is 0.500. The maximum atomic E-state index is 12.0. The molecule has 5 heteroatoms. The predicted molar refractivity (Wildman–Crippen MR) is 76.6 cm³/mol. The van der Waals surface area contributed by atoms with E-state index < -0.39 is 5.54 Å². The van der Waals surface area contributed by atoms with E-state index >= 15 is 0 Å². The molecule has 0 spiro atoms. The van der Waals surface area contributed by atoms with Gasteiger partial charge in [0.25, 0.3) is 0 Å². The van der Waals surface area contributed by atoms with Crippen molar-refractivity contribution in [2.45, 2.75) is 32.2 Å². The number of rotatable bonds is 4. The Hall–Kier alpha value is -1.26. The topological polar surface area (TPSA) is 61.4 Å². The Kier molecular flexibility index (Phi) is 4.02. The lowest BCUT2D eigenvalue weighted by Crippen LogP contribution is -2.52. The van der Waals surface area contributed by atoms with Crippen molar-refractivity contribution < 1.29 is 9.90 Å². The number of aryl methyl sites for hydroxylation is 1. The van der Waals surface area contributed by atoms with Gasteiger partial charge in [0.2, 0.25) is 0 Å². The van der Waals surface area contributed by atoms with E-state index in [1.165, 1.54) is 0 Å². The lowest BCUT2D eigenvalue weighted by Gasteiger charge is -2.28. The molecule has 1 atom stereocenters. The van der Waals surface area contributed by atoms with E-state index in [4.69, 9.17) is 11.6 Å². The molecule has 1 aromatic rings. The molecule has 4 nitrogen and oxygen atoms in total. The molecule has 1 aromatic carbocycles. The van der Waals surface area contributed by atoms with Gasteiger partial charge in [-0.3, -0.25) is 0 Å². The summed E-state index contributed by atoms with van der Waals surface area (Å²) in [6.07, 6.45) is 2.10. The van der Waals surface area contributed by atoms with Crippen molar-refractivity contribution in [1.82, 2.24) is 5.32 Å². The largest absolute Gasteiger partial charge is 0.394 e. The van der Waals surface area contributed by atoms with Crippen LogP contribution in [0.4, 0.5) is 10.5 Å². The van der Waals surface area contributed by atoms with E-state index in [2.05, 4.69) is 10.6 Å². The molecule has 1 aliphatic carbocycles. The number of anilines is 1. The van der Waals surface area contributed by atoms with E-state index in [-0.39, 0.29) is 12.6 Å². The normalized spacial score (nSPS) is 17.7. The third kappa shape index (κ3) is 3.39. The zero-order valence-electron chi connectivity index (χ0n) is 11.2. The number of urea groups is 1. The highest BCUT2D eigenvalue weighted by molar-refractivity contribution is 6.31. The molecule has 2 rings (SSSR count). The first-order valence-corrected chi connectivity index (χ1v) is 6.78. The number of halogens is 1. The molecule has 0 bridgehead atoms. The number of aliphatic hydroxyl groups excluding tert-OH is 1. The van der Waals surface area contributed by atoms with Gasteiger partial charge in [-0.2, -0.15) is 0 Å². The molecule has 0 aromatic heterocycles. The van der Waals surface area contributed by atoms with Gasteiger partial charge in [-0.05, 0) is 50.3 Å². The third-order valence-corrected chi connectivity index (χ3v) is 3.89. The summed E-state index contributed by atoms with van der Waals surface area (Å²) in [5, 5.41) is 15.7. The number of nitrogens with one attached hydrogen (secondary N) is 2. The fourth-order valence-electron chi connectivity index (χ4n) is 2.13. The second-order valence-corrected chi connectivity index (χ2v) is 5.82. The van der Waals surface area contributed by atoms with Gasteiger partial charge in [-0.25, -0.2) is 4.79 Å². The number of amides is 2. The number of benzene rings is 1. The first-order chi connectivity index (χ1) is 8.94. The van der Waals surface area contributed by atoms with Gasteiger partial charge in [-0.1, -0.05) is 17.7 Å². The van der Waals surface area contributed by atoms with E-state index in [9.17, 15) is 9.90 Å². The van der Waals surface area contributed by atoms with Crippen LogP contribution in [0.3, 0.4) is 0 Å². The summed E-state index contributed by atoms with van der Waals surface area (Å²) in [7, 11) is 0. The molecule has 3 N–H and O–H groups in total.